The van der Waals surface area contributed by atoms with Gasteiger partial charge in [-0.15, -0.1) is 0 Å². The van der Waals surface area contributed by atoms with Gasteiger partial charge >= 0.3 is 10.3 Å². The van der Waals surface area contributed by atoms with Crippen LogP contribution in [0.4, 0.5) is 0 Å². The van der Waals surface area contributed by atoms with Gasteiger partial charge in [0, 0.05) is 5.25 Å². The molecule has 1 heterocycles. The van der Waals surface area contributed by atoms with Crippen LogP contribution in [0.3, 0.4) is 0 Å². The molecule has 1 aliphatic rings. The summed E-state index contributed by atoms with van der Waals surface area (Å²) < 4.78 is 25.1. The molecular weight excluding hydrogens is 186 g/mol. The smallest absolute Gasteiger partial charge is 0.257 e. The maximum absolute atomic E-state index is 10.3. The van der Waals surface area contributed by atoms with E-state index in [4.69, 9.17) is 0 Å². The van der Waals surface area contributed by atoms with Crippen LogP contribution in [0.5, 0.6) is 0 Å². The van der Waals surface area contributed by atoms with E-state index in [0.29, 0.717) is 5.25 Å². The Morgan fingerprint density at radius 3 is 2.82 bits per heavy atom. The molecule has 2 N–H and O–H groups in total. The molecule has 4 nitrogen and oxygen atoms in total. The Balaban J connectivity index is 2.22. The van der Waals surface area contributed by atoms with Crippen LogP contribution in [-0.4, -0.2) is 26.0 Å². The largest absolute Gasteiger partial charge is 0.333 e. The predicted octanol–water partition coefficient (Wildman–Crippen LogP) is 0.102. The summed E-state index contributed by atoms with van der Waals surface area (Å²) in [7, 11) is -3.72. The summed E-state index contributed by atoms with van der Waals surface area (Å²) in [5.41, 5.74) is 0. The van der Waals surface area contributed by atoms with E-state index < -0.39 is 10.3 Å². The summed E-state index contributed by atoms with van der Waals surface area (Å²) >= 11 is 1.74. The first kappa shape index (κ1) is 9.31. The van der Waals surface area contributed by atoms with Crippen molar-refractivity contribution in [2.75, 3.05) is 12.4 Å². The third-order valence-corrected chi connectivity index (χ3v) is 3.27. The van der Waals surface area contributed by atoms with E-state index in [0.717, 1.165) is 18.6 Å². The number of rotatable bonds is 3. The average molecular weight is 197 g/mol. The molecule has 0 saturated carbocycles. The van der Waals surface area contributed by atoms with Crippen molar-refractivity contribution in [2.24, 2.45) is 5.14 Å². The lowest BCUT2D eigenvalue weighted by molar-refractivity contribution is 0.316. The van der Waals surface area contributed by atoms with Crippen molar-refractivity contribution in [3.8, 4) is 0 Å². The maximum atomic E-state index is 10.3. The Morgan fingerprint density at radius 1 is 1.64 bits per heavy atom. The maximum Gasteiger partial charge on any atom is 0.333 e. The van der Waals surface area contributed by atoms with Gasteiger partial charge in [0.1, 0.15) is 0 Å². The molecule has 0 amide bonds. The van der Waals surface area contributed by atoms with Gasteiger partial charge in [0.05, 0.1) is 6.61 Å². The van der Waals surface area contributed by atoms with Gasteiger partial charge in [0.25, 0.3) is 0 Å². The first-order valence-corrected chi connectivity index (χ1v) is 5.89. The quantitative estimate of drug-likeness (QED) is 0.696. The molecule has 0 aromatic carbocycles. The molecule has 1 fully saturated rings. The van der Waals surface area contributed by atoms with Gasteiger partial charge in [-0.25, -0.2) is 5.14 Å². The van der Waals surface area contributed by atoms with Crippen molar-refractivity contribution >= 4 is 22.1 Å². The van der Waals surface area contributed by atoms with Gasteiger partial charge in [-0.05, 0) is 18.6 Å². The van der Waals surface area contributed by atoms with E-state index >= 15 is 0 Å². The summed E-state index contributed by atoms with van der Waals surface area (Å²) in [5.74, 6) is 1.10. The van der Waals surface area contributed by atoms with Crippen molar-refractivity contribution in [1.29, 1.82) is 0 Å². The Morgan fingerprint density at radius 2 is 2.36 bits per heavy atom. The molecule has 1 aliphatic heterocycles. The van der Waals surface area contributed by atoms with Crippen LogP contribution in [0.1, 0.15) is 12.8 Å². The van der Waals surface area contributed by atoms with Crippen molar-refractivity contribution < 1.29 is 12.6 Å². The number of hydrogen-bond donors (Lipinski definition) is 1. The third-order valence-electron chi connectivity index (χ3n) is 1.44. The molecular formula is C5H11NO3S2. The standard InChI is InChI=1S/C5H11NO3S2/c6-11(7,8)9-4-5-2-1-3-10-5/h5H,1-4H2,(H2,6,7,8). The molecule has 66 valence electrons. The second kappa shape index (κ2) is 3.75. The average Bonchev–Trinajstić information content (AvgIpc) is 2.32. The van der Waals surface area contributed by atoms with Crippen LogP contribution >= 0.6 is 11.8 Å². The number of nitrogens with two attached hydrogens (primary N) is 1. The molecule has 0 spiro atoms. The van der Waals surface area contributed by atoms with Gasteiger partial charge in [-0.3, -0.25) is 4.18 Å². The summed E-state index contributed by atoms with van der Waals surface area (Å²) in [6.07, 6.45) is 2.17. The van der Waals surface area contributed by atoms with Gasteiger partial charge in [0.2, 0.25) is 0 Å². The highest BCUT2D eigenvalue weighted by molar-refractivity contribution is 8.00. The van der Waals surface area contributed by atoms with Crippen LogP contribution in [-0.2, 0) is 14.5 Å². The zero-order valence-corrected chi connectivity index (χ0v) is 7.66. The van der Waals surface area contributed by atoms with Crippen molar-refractivity contribution in [3.63, 3.8) is 0 Å². The molecule has 6 heteroatoms. The lowest BCUT2D eigenvalue weighted by Gasteiger charge is -2.05. The van der Waals surface area contributed by atoms with E-state index in [1.807, 2.05) is 0 Å². The number of thioether (sulfide) groups is 1. The number of hydrogen-bond acceptors (Lipinski definition) is 4. The Bertz CT molecular complexity index is 208. The summed E-state index contributed by atoms with van der Waals surface area (Å²) in [5, 5.41) is 4.97. The van der Waals surface area contributed by atoms with Crippen LogP contribution in [0.25, 0.3) is 0 Å². The van der Waals surface area contributed by atoms with Crippen LogP contribution < -0.4 is 5.14 Å². The van der Waals surface area contributed by atoms with E-state index in [1.165, 1.54) is 0 Å². The van der Waals surface area contributed by atoms with Crippen LogP contribution in [0.2, 0.25) is 0 Å². The minimum atomic E-state index is -3.72. The molecule has 11 heavy (non-hydrogen) atoms. The highest BCUT2D eigenvalue weighted by atomic mass is 32.2. The molecule has 1 rings (SSSR count). The topological polar surface area (TPSA) is 69.4 Å². The zero-order valence-electron chi connectivity index (χ0n) is 6.02. The highest BCUT2D eigenvalue weighted by Gasteiger charge is 2.17. The fraction of sp³-hybridized carbons (Fsp3) is 1.00. The summed E-state index contributed by atoms with van der Waals surface area (Å²) in [6.45, 7) is 0.226. The lowest BCUT2D eigenvalue weighted by Crippen LogP contribution is -2.20. The molecule has 0 aromatic heterocycles. The van der Waals surface area contributed by atoms with Crippen LogP contribution in [0.15, 0.2) is 0 Å². The van der Waals surface area contributed by atoms with Gasteiger partial charge in [-0.2, -0.15) is 20.2 Å². The van der Waals surface area contributed by atoms with Crippen molar-refractivity contribution in [1.82, 2.24) is 0 Å². The summed E-state index contributed by atoms with van der Waals surface area (Å²) in [4.78, 5) is 0. The Hall–Kier alpha value is 0.220. The third kappa shape index (κ3) is 3.95. The predicted molar refractivity (Wildman–Crippen MR) is 44.5 cm³/mol. The SMILES string of the molecule is NS(=O)(=O)OCC1CCCS1. The van der Waals surface area contributed by atoms with E-state index in [9.17, 15) is 8.42 Å². The zero-order chi connectivity index (χ0) is 8.32. The molecule has 0 aliphatic carbocycles. The monoisotopic (exact) mass is 197 g/mol. The fourth-order valence-corrected chi connectivity index (χ4v) is 2.55. The summed E-state index contributed by atoms with van der Waals surface area (Å²) in [6, 6.07) is 0. The van der Waals surface area contributed by atoms with E-state index in [2.05, 4.69) is 9.32 Å². The molecule has 1 atom stereocenters. The Kier molecular flexibility index (Phi) is 3.17. The van der Waals surface area contributed by atoms with Crippen molar-refractivity contribution in [2.45, 2.75) is 18.1 Å². The molecule has 1 saturated heterocycles. The minimum absolute atomic E-state index is 0.226. The first-order valence-electron chi connectivity index (χ1n) is 3.37. The molecule has 0 radical (unpaired) electrons. The van der Waals surface area contributed by atoms with Crippen LogP contribution in [0, 0.1) is 0 Å². The minimum Gasteiger partial charge on any atom is -0.257 e. The molecule has 1 unspecified atom stereocenters. The second-order valence-corrected chi connectivity index (χ2v) is 5.04. The second-order valence-electron chi connectivity index (χ2n) is 2.41. The van der Waals surface area contributed by atoms with E-state index in [1.54, 1.807) is 11.8 Å². The fourth-order valence-electron chi connectivity index (χ4n) is 0.947. The van der Waals surface area contributed by atoms with Gasteiger partial charge in [-0.1, -0.05) is 0 Å². The van der Waals surface area contributed by atoms with Gasteiger partial charge in [0.15, 0.2) is 0 Å². The normalized spacial score (nSPS) is 25.7. The first-order chi connectivity index (χ1) is 5.08. The Labute approximate surface area is 70.7 Å². The molecule has 0 bridgehead atoms. The molecule has 0 aromatic rings. The van der Waals surface area contributed by atoms with E-state index in [-0.39, 0.29) is 6.61 Å². The van der Waals surface area contributed by atoms with Gasteiger partial charge < -0.3 is 0 Å². The highest BCUT2D eigenvalue weighted by Crippen LogP contribution is 2.26. The van der Waals surface area contributed by atoms with Crippen molar-refractivity contribution in [3.05, 3.63) is 0 Å². The lowest BCUT2D eigenvalue weighted by atomic mass is 10.3.